The third-order valence-corrected chi connectivity index (χ3v) is 6.64. The van der Waals surface area contributed by atoms with Crippen molar-refractivity contribution in [3.05, 3.63) is 30.3 Å². The van der Waals surface area contributed by atoms with Crippen molar-refractivity contribution in [1.29, 1.82) is 5.26 Å². The van der Waals surface area contributed by atoms with Gasteiger partial charge in [-0.05, 0) is 0 Å². The maximum absolute atomic E-state index is 8.50. The molecule has 0 N–H and O–H groups in total. The van der Waals surface area contributed by atoms with Crippen LogP contribution in [0.15, 0.2) is 30.3 Å². The van der Waals surface area contributed by atoms with Crippen LogP contribution in [0, 0.1) is 9.93 Å². The van der Waals surface area contributed by atoms with E-state index < -0.39 is 15.0 Å². The molecule has 0 unspecified atom stereocenters. The molecule has 0 aliphatic rings. The molecule has 0 radical (unpaired) electrons. The Morgan fingerprint density at radius 1 is 1.30 bits per heavy atom. The minimum atomic E-state index is -2.39. The first-order valence-corrected chi connectivity index (χ1v) is 9.97. The van der Waals surface area contributed by atoms with Gasteiger partial charge in [0.25, 0.3) is 0 Å². The molecule has 3 heteroatoms. The van der Waals surface area contributed by atoms with Crippen molar-refractivity contribution in [1.82, 2.24) is 0 Å². The monoisotopic (exact) mass is 202 g/mol. The van der Waals surface area contributed by atoms with Gasteiger partial charge in [0.2, 0.25) is 0 Å². The van der Waals surface area contributed by atoms with Crippen molar-refractivity contribution in [2.24, 2.45) is 0 Å². The van der Waals surface area contributed by atoms with E-state index in [1.165, 1.54) is 0 Å². The minimum absolute atomic E-state index is 1.06. The van der Waals surface area contributed by atoms with Crippen LogP contribution in [0.25, 0.3) is 0 Å². The van der Waals surface area contributed by atoms with Gasteiger partial charge in [-0.15, -0.1) is 0 Å². The molecule has 0 spiro atoms. The van der Waals surface area contributed by atoms with Gasteiger partial charge in [-0.3, -0.25) is 0 Å². The van der Waals surface area contributed by atoms with Crippen molar-refractivity contribution in [3.8, 4) is 4.66 Å². The van der Waals surface area contributed by atoms with Crippen LogP contribution in [0.2, 0.25) is 0 Å². The van der Waals surface area contributed by atoms with Crippen LogP contribution in [0.4, 0.5) is 0 Å². The van der Waals surface area contributed by atoms with Gasteiger partial charge >= 0.3 is 69.1 Å². The van der Waals surface area contributed by atoms with E-state index in [4.69, 9.17) is 15.0 Å². The number of nitrogens with zero attached hydrogens (tertiary/aromatic N) is 1. The Bertz CT molecular complexity index is 242. The molecule has 1 aromatic rings. The molecule has 0 heterocycles. The average Bonchev–Trinajstić information content (AvgIpc) is 2.05. The number of benzene rings is 1. The number of hydrogen-bond donors (Lipinski definition) is 0. The van der Waals surface area contributed by atoms with E-state index in [2.05, 4.69) is 4.66 Å². The van der Waals surface area contributed by atoms with E-state index in [-0.39, 0.29) is 0 Å². The topological polar surface area (TPSA) is 23.8 Å². The molecular formula is C7H5ClNZn. The van der Waals surface area contributed by atoms with Crippen molar-refractivity contribution in [3.63, 3.8) is 0 Å². The van der Waals surface area contributed by atoms with E-state index in [0.717, 1.165) is 4.16 Å². The fourth-order valence-electron chi connectivity index (χ4n) is 0.776. The summed E-state index contributed by atoms with van der Waals surface area (Å²) in [6.07, 6.45) is 0. The molecule has 1 rings (SSSR count). The Hall–Kier alpha value is -0.377. The zero-order valence-electron chi connectivity index (χ0n) is 5.42. The quantitative estimate of drug-likeness (QED) is 0.636. The Labute approximate surface area is 69.2 Å². The third kappa shape index (κ3) is 1.80. The first kappa shape index (κ1) is 7.73. The molecule has 0 fully saturated rings. The molecule has 0 aliphatic carbocycles. The van der Waals surface area contributed by atoms with Gasteiger partial charge in [0.15, 0.2) is 0 Å². The van der Waals surface area contributed by atoms with E-state index >= 15 is 0 Å². The van der Waals surface area contributed by atoms with Crippen LogP contribution in [0.1, 0.15) is 0 Å². The van der Waals surface area contributed by atoms with Gasteiger partial charge in [-0.25, -0.2) is 0 Å². The van der Waals surface area contributed by atoms with Crippen LogP contribution < -0.4 is 4.16 Å². The summed E-state index contributed by atoms with van der Waals surface area (Å²) in [5.41, 5.74) is 0. The van der Waals surface area contributed by atoms with E-state index in [9.17, 15) is 0 Å². The summed E-state index contributed by atoms with van der Waals surface area (Å²) in [6.45, 7) is 0. The standard InChI is InChI=1S/C6H5.CN.ClH.Zn/c1-2-4-6-5-3-1;1-2;;/h1-5H;;1H;/q;;;+1/p-1. The van der Waals surface area contributed by atoms with Crippen molar-refractivity contribution >= 4 is 13.8 Å². The van der Waals surface area contributed by atoms with Gasteiger partial charge in [-0.2, -0.15) is 0 Å². The Balaban J connectivity index is 2.88. The van der Waals surface area contributed by atoms with Crippen LogP contribution in [-0.4, -0.2) is 0 Å². The Kier molecular flexibility index (Phi) is 2.87. The third-order valence-electron chi connectivity index (χ3n) is 1.34. The molecular weight excluding hydrogens is 199 g/mol. The van der Waals surface area contributed by atoms with E-state index in [0.29, 0.717) is 0 Å². The average molecular weight is 204 g/mol. The van der Waals surface area contributed by atoms with Crippen LogP contribution in [0.5, 0.6) is 0 Å². The summed E-state index contributed by atoms with van der Waals surface area (Å²) >= 11 is -2.39. The summed E-state index contributed by atoms with van der Waals surface area (Å²) in [5, 5.41) is 8.50. The zero-order chi connectivity index (χ0) is 7.40. The molecule has 47 valence electrons. The second-order valence-corrected chi connectivity index (χ2v) is 9.11. The molecule has 0 saturated carbocycles. The normalized spacial score (nSPS) is 8.40. The summed E-state index contributed by atoms with van der Waals surface area (Å²) < 4.78 is 3.22. The molecule has 1 nitrogen and oxygen atoms in total. The predicted molar refractivity (Wildman–Crippen MR) is 37.5 cm³/mol. The Morgan fingerprint density at radius 3 is 2.40 bits per heavy atom. The van der Waals surface area contributed by atoms with Gasteiger partial charge < -0.3 is 0 Å². The van der Waals surface area contributed by atoms with Gasteiger partial charge in [-0.1, -0.05) is 0 Å². The fourth-order valence-corrected chi connectivity index (χ4v) is 3.52. The maximum atomic E-state index is 8.50. The second-order valence-electron chi connectivity index (χ2n) is 2.09. The number of nitriles is 1. The summed E-state index contributed by atoms with van der Waals surface area (Å²) in [7, 11) is 5.84. The first-order chi connectivity index (χ1) is 4.84. The number of hydrogen-bond acceptors (Lipinski definition) is 1. The fraction of sp³-hybridized carbons (Fsp3) is 0. The summed E-state index contributed by atoms with van der Waals surface area (Å²) in [5.74, 6) is 0. The van der Waals surface area contributed by atoms with E-state index in [1.807, 2.05) is 30.3 Å². The van der Waals surface area contributed by atoms with Crippen molar-refractivity contribution < 1.29 is 15.0 Å². The summed E-state index contributed by atoms with van der Waals surface area (Å²) in [4.78, 5) is 0. The zero-order valence-corrected chi connectivity index (χ0v) is 9.14. The van der Waals surface area contributed by atoms with Crippen molar-refractivity contribution in [2.75, 3.05) is 0 Å². The molecule has 0 atom stereocenters. The van der Waals surface area contributed by atoms with Crippen LogP contribution >= 0.6 is 9.69 Å². The van der Waals surface area contributed by atoms with E-state index in [1.54, 1.807) is 0 Å². The van der Waals surface area contributed by atoms with Crippen LogP contribution in [0.3, 0.4) is 0 Å². The summed E-state index contributed by atoms with van der Waals surface area (Å²) in [6, 6.07) is 9.61. The van der Waals surface area contributed by atoms with Crippen molar-refractivity contribution in [2.45, 2.75) is 0 Å². The number of halogens is 1. The van der Waals surface area contributed by atoms with Gasteiger partial charge in [0, 0.05) is 0 Å². The molecule has 0 amide bonds. The number of rotatable bonds is 1. The molecule has 10 heavy (non-hydrogen) atoms. The van der Waals surface area contributed by atoms with Gasteiger partial charge in [0.05, 0.1) is 0 Å². The molecule has 0 bridgehead atoms. The molecule has 0 saturated heterocycles. The second kappa shape index (κ2) is 3.71. The molecule has 0 aromatic heterocycles. The predicted octanol–water partition coefficient (Wildman–Crippen LogP) is 1.56. The molecule has 0 aliphatic heterocycles. The van der Waals surface area contributed by atoms with Gasteiger partial charge in [0.1, 0.15) is 0 Å². The molecule has 1 aromatic carbocycles. The SMILES string of the molecule is N#[C][Zn]([Cl])[c]1ccccc1. The van der Waals surface area contributed by atoms with Crippen LogP contribution in [-0.2, 0) is 15.0 Å². The first-order valence-electron chi connectivity index (χ1n) is 3.11. The Morgan fingerprint density at radius 2 is 1.90 bits per heavy atom.